The zero-order valence-corrected chi connectivity index (χ0v) is 13.2. The Morgan fingerprint density at radius 1 is 1.29 bits per heavy atom. The molecule has 0 atom stereocenters. The van der Waals surface area contributed by atoms with E-state index in [0.717, 1.165) is 43.4 Å². The molecule has 1 saturated carbocycles. The number of fused-ring (bicyclic) bond motifs is 1. The van der Waals surface area contributed by atoms with E-state index in [4.69, 9.17) is 10.5 Å². The first kappa shape index (κ1) is 15.0. The number of hydrogen-bond acceptors (Lipinski definition) is 4. The van der Waals surface area contributed by atoms with E-state index in [0.29, 0.717) is 13.2 Å². The minimum absolute atomic E-state index is 0.132. The number of nitrogens with zero attached hydrogens (tertiary/aromatic N) is 3. The second-order valence-corrected chi connectivity index (χ2v) is 6.67. The Morgan fingerprint density at radius 2 is 2.10 bits per heavy atom. The Labute approximate surface area is 127 Å². The molecule has 3 rings (SSSR count). The molecular formula is C16H28N4O. The summed E-state index contributed by atoms with van der Waals surface area (Å²) in [7, 11) is 0. The molecule has 0 spiro atoms. The van der Waals surface area contributed by atoms with E-state index in [1.54, 1.807) is 0 Å². The number of rotatable bonds is 5. The molecular weight excluding hydrogens is 264 g/mol. The summed E-state index contributed by atoms with van der Waals surface area (Å²) in [6, 6.07) is 0. The molecule has 0 saturated heterocycles. The topological polar surface area (TPSA) is 66.0 Å². The van der Waals surface area contributed by atoms with Gasteiger partial charge in [0.05, 0.1) is 5.60 Å². The van der Waals surface area contributed by atoms with Crippen molar-refractivity contribution in [2.75, 3.05) is 6.54 Å². The summed E-state index contributed by atoms with van der Waals surface area (Å²) in [6.45, 7) is 4.49. The van der Waals surface area contributed by atoms with Gasteiger partial charge in [0.15, 0.2) is 5.82 Å². The smallest absolute Gasteiger partial charge is 0.159 e. The lowest BCUT2D eigenvalue weighted by Crippen LogP contribution is -2.44. The van der Waals surface area contributed by atoms with E-state index < -0.39 is 0 Å². The first-order chi connectivity index (χ1) is 10.3. The second-order valence-electron chi connectivity index (χ2n) is 6.67. The SMILES string of the molecule is CCC1CCC(CN)(OCc2nnc3n2CCCC3)CC1. The Kier molecular flexibility index (Phi) is 4.60. The lowest BCUT2D eigenvalue weighted by atomic mass is 9.77. The molecule has 2 heterocycles. The first-order valence-corrected chi connectivity index (χ1v) is 8.51. The van der Waals surface area contributed by atoms with Crippen LogP contribution in [0.5, 0.6) is 0 Å². The number of aromatic nitrogens is 3. The van der Waals surface area contributed by atoms with Crippen LogP contribution < -0.4 is 5.73 Å². The number of aryl methyl sites for hydroxylation is 1. The molecule has 1 aromatic rings. The molecule has 1 aliphatic heterocycles. The van der Waals surface area contributed by atoms with Gasteiger partial charge >= 0.3 is 0 Å². The van der Waals surface area contributed by atoms with Crippen LogP contribution in [0.3, 0.4) is 0 Å². The minimum Gasteiger partial charge on any atom is -0.366 e. The van der Waals surface area contributed by atoms with Crippen LogP contribution in [-0.4, -0.2) is 26.9 Å². The number of nitrogens with two attached hydrogens (primary N) is 1. The largest absolute Gasteiger partial charge is 0.366 e. The van der Waals surface area contributed by atoms with Crippen molar-refractivity contribution in [1.29, 1.82) is 0 Å². The van der Waals surface area contributed by atoms with Crippen molar-refractivity contribution in [1.82, 2.24) is 14.8 Å². The summed E-state index contributed by atoms with van der Waals surface area (Å²) in [5, 5.41) is 8.62. The van der Waals surface area contributed by atoms with Crippen molar-refractivity contribution < 1.29 is 4.74 Å². The van der Waals surface area contributed by atoms with Gasteiger partial charge in [-0.15, -0.1) is 10.2 Å². The highest BCUT2D eigenvalue weighted by Crippen LogP contribution is 2.36. The highest BCUT2D eigenvalue weighted by atomic mass is 16.5. The van der Waals surface area contributed by atoms with E-state index in [2.05, 4.69) is 21.7 Å². The summed E-state index contributed by atoms with van der Waals surface area (Å²) in [5.41, 5.74) is 5.90. The Balaban J connectivity index is 1.62. The molecule has 0 aromatic carbocycles. The third kappa shape index (κ3) is 3.14. The molecule has 0 amide bonds. The zero-order chi connectivity index (χ0) is 14.7. The Morgan fingerprint density at radius 3 is 2.81 bits per heavy atom. The fourth-order valence-corrected chi connectivity index (χ4v) is 3.71. The molecule has 21 heavy (non-hydrogen) atoms. The van der Waals surface area contributed by atoms with E-state index in [1.807, 2.05) is 0 Å². The van der Waals surface area contributed by atoms with Gasteiger partial charge in [-0.2, -0.15) is 0 Å². The van der Waals surface area contributed by atoms with Crippen molar-refractivity contribution in [2.24, 2.45) is 11.7 Å². The Bertz CT molecular complexity index is 463. The normalized spacial score (nSPS) is 29.3. The fraction of sp³-hybridized carbons (Fsp3) is 0.875. The van der Waals surface area contributed by atoms with Crippen LogP contribution in [0.2, 0.25) is 0 Å². The van der Waals surface area contributed by atoms with E-state index in [9.17, 15) is 0 Å². The Hall–Kier alpha value is -0.940. The molecule has 1 aromatic heterocycles. The summed E-state index contributed by atoms with van der Waals surface area (Å²) >= 11 is 0. The van der Waals surface area contributed by atoms with Crippen molar-refractivity contribution in [3.63, 3.8) is 0 Å². The van der Waals surface area contributed by atoms with Crippen LogP contribution in [0.4, 0.5) is 0 Å². The third-order valence-corrected chi connectivity index (χ3v) is 5.41. The van der Waals surface area contributed by atoms with Crippen LogP contribution in [0.15, 0.2) is 0 Å². The third-order valence-electron chi connectivity index (χ3n) is 5.41. The number of hydrogen-bond donors (Lipinski definition) is 1. The summed E-state index contributed by atoms with van der Waals surface area (Å²) in [5.74, 6) is 2.96. The molecule has 2 N–H and O–H groups in total. The van der Waals surface area contributed by atoms with Gasteiger partial charge < -0.3 is 15.0 Å². The van der Waals surface area contributed by atoms with Gasteiger partial charge in [0.2, 0.25) is 0 Å². The van der Waals surface area contributed by atoms with Gasteiger partial charge in [0, 0.05) is 19.5 Å². The average molecular weight is 292 g/mol. The predicted molar refractivity (Wildman–Crippen MR) is 81.8 cm³/mol. The lowest BCUT2D eigenvalue weighted by molar-refractivity contribution is -0.0843. The molecule has 0 bridgehead atoms. The molecule has 0 radical (unpaired) electrons. The second kappa shape index (κ2) is 6.44. The predicted octanol–water partition coefficient (Wildman–Crippen LogP) is 2.43. The van der Waals surface area contributed by atoms with Crippen LogP contribution in [0.1, 0.15) is 63.5 Å². The fourth-order valence-electron chi connectivity index (χ4n) is 3.71. The molecule has 5 nitrogen and oxygen atoms in total. The van der Waals surface area contributed by atoms with Gasteiger partial charge in [0.1, 0.15) is 12.4 Å². The minimum atomic E-state index is -0.132. The summed E-state index contributed by atoms with van der Waals surface area (Å²) < 4.78 is 8.52. The van der Waals surface area contributed by atoms with Gasteiger partial charge in [-0.05, 0) is 44.4 Å². The maximum absolute atomic E-state index is 6.27. The van der Waals surface area contributed by atoms with Crippen LogP contribution in [-0.2, 0) is 24.3 Å². The van der Waals surface area contributed by atoms with Gasteiger partial charge in [-0.1, -0.05) is 13.3 Å². The van der Waals surface area contributed by atoms with E-state index >= 15 is 0 Å². The number of ether oxygens (including phenoxy) is 1. The zero-order valence-electron chi connectivity index (χ0n) is 13.2. The molecule has 2 aliphatic rings. The van der Waals surface area contributed by atoms with Crippen molar-refractivity contribution >= 4 is 0 Å². The van der Waals surface area contributed by atoms with Crippen LogP contribution in [0, 0.1) is 5.92 Å². The van der Waals surface area contributed by atoms with E-state index in [-0.39, 0.29) is 5.60 Å². The van der Waals surface area contributed by atoms with Crippen molar-refractivity contribution in [3.8, 4) is 0 Å². The van der Waals surface area contributed by atoms with Crippen LogP contribution >= 0.6 is 0 Å². The molecule has 0 unspecified atom stereocenters. The molecule has 1 aliphatic carbocycles. The average Bonchev–Trinajstić information content (AvgIpc) is 2.97. The quantitative estimate of drug-likeness (QED) is 0.905. The summed E-state index contributed by atoms with van der Waals surface area (Å²) in [6.07, 6.45) is 9.43. The highest BCUT2D eigenvalue weighted by Gasteiger charge is 2.35. The molecule has 118 valence electrons. The highest BCUT2D eigenvalue weighted by molar-refractivity contribution is 4.98. The van der Waals surface area contributed by atoms with Crippen molar-refractivity contribution in [3.05, 3.63) is 11.6 Å². The van der Waals surface area contributed by atoms with Gasteiger partial charge in [0.25, 0.3) is 0 Å². The maximum atomic E-state index is 6.27. The summed E-state index contributed by atoms with van der Waals surface area (Å²) in [4.78, 5) is 0. The maximum Gasteiger partial charge on any atom is 0.159 e. The van der Waals surface area contributed by atoms with Crippen molar-refractivity contribution in [2.45, 2.75) is 77.0 Å². The standard InChI is InChI=1S/C16H28N4O/c1-2-13-6-8-16(12-17,9-7-13)21-11-15-19-18-14-5-3-4-10-20(14)15/h13H,2-12,17H2,1H3. The van der Waals surface area contributed by atoms with Gasteiger partial charge in [-0.3, -0.25) is 0 Å². The molecule has 5 heteroatoms. The van der Waals surface area contributed by atoms with E-state index in [1.165, 1.54) is 32.1 Å². The first-order valence-electron chi connectivity index (χ1n) is 8.51. The van der Waals surface area contributed by atoms with Gasteiger partial charge in [-0.25, -0.2) is 0 Å². The molecule has 1 fully saturated rings. The van der Waals surface area contributed by atoms with Crippen LogP contribution in [0.25, 0.3) is 0 Å². The monoisotopic (exact) mass is 292 g/mol. The lowest BCUT2D eigenvalue weighted by Gasteiger charge is -2.39.